The van der Waals surface area contributed by atoms with Gasteiger partial charge in [-0.3, -0.25) is 4.79 Å². The molecule has 6 nitrogen and oxygen atoms in total. The van der Waals surface area contributed by atoms with Crippen molar-refractivity contribution in [3.05, 3.63) is 11.9 Å². The second-order valence-corrected chi connectivity index (χ2v) is 3.81. The molecule has 1 heterocycles. The van der Waals surface area contributed by atoms with Crippen LogP contribution in [-0.2, 0) is 17.9 Å². The molecule has 0 radical (unpaired) electrons. The lowest BCUT2D eigenvalue weighted by Gasteiger charge is -2.02. The molecule has 1 amide bonds. The fourth-order valence-corrected chi connectivity index (χ4v) is 1.27. The Bertz CT molecular complexity index is 346. The normalized spacial score (nSPS) is 15.3. The first-order valence-corrected chi connectivity index (χ1v) is 5.04. The molecule has 0 saturated heterocycles. The zero-order valence-corrected chi connectivity index (χ0v) is 8.39. The van der Waals surface area contributed by atoms with Crippen molar-refractivity contribution in [2.45, 2.75) is 26.0 Å². The zero-order valence-electron chi connectivity index (χ0n) is 8.39. The van der Waals surface area contributed by atoms with Gasteiger partial charge < -0.3 is 10.4 Å². The topological polar surface area (TPSA) is 80.0 Å². The van der Waals surface area contributed by atoms with Crippen LogP contribution < -0.4 is 5.32 Å². The summed E-state index contributed by atoms with van der Waals surface area (Å²) in [4.78, 5) is 11.4. The second kappa shape index (κ2) is 4.39. The Morgan fingerprint density at radius 2 is 2.47 bits per heavy atom. The zero-order chi connectivity index (χ0) is 10.7. The molecule has 0 unspecified atom stereocenters. The van der Waals surface area contributed by atoms with Crippen LogP contribution in [0.5, 0.6) is 0 Å². The quantitative estimate of drug-likeness (QED) is 0.673. The molecule has 82 valence electrons. The molecule has 1 aliphatic carbocycles. The van der Waals surface area contributed by atoms with Gasteiger partial charge in [-0.15, -0.1) is 5.10 Å². The molecule has 1 fully saturated rings. The average Bonchev–Trinajstić information content (AvgIpc) is 2.96. The van der Waals surface area contributed by atoms with Crippen LogP contribution in [-0.4, -0.2) is 32.6 Å². The number of carbonyl (C=O) groups excluding carboxylic acids is 1. The van der Waals surface area contributed by atoms with Crippen LogP contribution in [0.1, 0.15) is 18.5 Å². The number of hydrogen-bond acceptors (Lipinski definition) is 4. The fraction of sp³-hybridized carbons (Fsp3) is 0.667. The summed E-state index contributed by atoms with van der Waals surface area (Å²) in [7, 11) is 0. The van der Waals surface area contributed by atoms with Crippen LogP contribution in [0.4, 0.5) is 0 Å². The molecule has 1 aliphatic rings. The maximum Gasteiger partial charge on any atom is 0.241 e. The van der Waals surface area contributed by atoms with Gasteiger partial charge in [0, 0.05) is 6.54 Å². The van der Waals surface area contributed by atoms with Crippen molar-refractivity contribution in [2.75, 3.05) is 6.54 Å². The van der Waals surface area contributed by atoms with E-state index in [0.29, 0.717) is 11.6 Å². The van der Waals surface area contributed by atoms with E-state index in [0.717, 1.165) is 6.54 Å². The van der Waals surface area contributed by atoms with Crippen LogP contribution >= 0.6 is 0 Å². The molecule has 0 aliphatic heterocycles. The number of aliphatic hydroxyl groups is 1. The number of nitrogens with one attached hydrogen (secondary N) is 1. The minimum atomic E-state index is -0.149. The van der Waals surface area contributed by atoms with Crippen molar-refractivity contribution in [3.63, 3.8) is 0 Å². The minimum Gasteiger partial charge on any atom is -0.390 e. The molecular formula is C9H14N4O2. The highest BCUT2D eigenvalue weighted by molar-refractivity contribution is 5.75. The van der Waals surface area contributed by atoms with Gasteiger partial charge in [0.1, 0.15) is 12.2 Å². The Kier molecular flexibility index (Phi) is 2.96. The van der Waals surface area contributed by atoms with Crippen molar-refractivity contribution >= 4 is 5.91 Å². The smallest absolute Gasteiger partial charge is 0.241 e. The predicted octanol–water partition coefficient (Wildman–Crippen LogP) is -0.703. The summed E-state index contributed by atoms with van der Waals surface area (Å²) in [6.45, 7) is 0.782. The van der Waals surface area contributed by atoms with Gasteiger partial charge in [-0.1, -0.05) is 5.21 Å². The number of nitrogens with zero attached hydrogens (tertiary/aromatic N) is 3. The highest BCUT2D eigenvalue weighted by atomic mass is 16.3. The Morgan fingerprint density at radius 1 is 1.67 bits per heavy atom. The summed E-state index contributed by atoms with van der Waals surface area (Å²) < 4.78 is 1.42. The van der Waals surface area contributed by atoms with Crippen molar-refractivity contribution < 1.29 is 9.90 Å². The van der Waals surface area contributed by atoms with Crippen LogP contribution in [0.2, 0.25) is 0 Å². The largest absolute Gasteiger partial charge is 0.390 e. The molecule has 1 aromatic heterocycles. The number of aromatic nitrogens is 3. The van der Waals surface area contributed by atoms with E-state index in [1.165, 1.54) is 17.5 Å². The third-order valence-electron chi connectivity index (χ3n) is 2.34. The summed E-state index contributed by atoms with van der Waals surface area (Å²) in [5.41, 5.74) is 0.477. The lowest BCUT2D eigenvalue weighted by molar-refractivity contribution is -0.121. The van der Waals surface area contributed by atoms with Crippen molar-refractivity contribution in [2.24, 2.45) is 5.92 Å². The molecular weight excluding hydrogens is 196 g/mol. The maximum atomic E-state index is 11.4. The maximum absolute atomic E-state index is 11.4. The molecule has 2 rings (SSSR count). The first-order chi connectivity index (χ1) is 7.28. The van der Waals surface area contributed by atoms with E-state index in [1.54, 1.807) is 6.20 Å². The summed E-state index contributed by atoms with van der Waals surface area (Å²) >= 11 is 0. The molecule has 1 aromatic rings. The third-order valence-corrected chi connectivity index (χ3v) is 2.34. The molecule has 0 spiro atoms. The number of rotatable bonds is 5. The van der Waals surface area contributed by atoms with Gasteiger partial charge in [-0.05, 0) is 18.8 Å². The van der Waals surface area contributed by atoms with Crippen LogP contribution in [0, 0.1) is 5.92 Å². The minimum absolute atomic E-state index is 0.0590. The number of amides is 1. The predicted molar refractivity (Wildman–Crippen MR) is 51.7 cm³/mol. The van der Waals surface area contributed by atoms with Crippen molar-refractivity contribution in [1.29, 1.82) is 0 Å². The molecule has 15 heavy (non-hydrogen) atoms. The van der Waals surface area contributed by atoms with Gasteiger partial charge in [0.25, 0.3) is 0 Å². The van der Waals surface area contributed by atoms with E-state index >= 15 is 0 Å². The van der Waals surface area contributed by atoms with Crippen molar-refractivity contribution in [1.82, 2.24) is 20.3 Å². The molecule has 0 atom stereocenters. The van der Waals surface area contributed by atoms with Gasteiger partial charge in [0.2, 0.25) is 5.91 Å². The Labute approximate surface area is 87.3 Å². The molecule has 6 heteroatoms. The first kappa shape index (κ1) is 10.1. The Balaban J connectivity index is 1.76. The van der Waals surface area contributed by atoms with E-state index in [4.69, 9.17) is 5.11 Å². The Hall–Kier alpha value is -1.43. The highest BCUT2D eigenvalue weighted by Gasteiger charge is 2.21. The Morgan fingerprint density at radius 3 is 3.07 bits per heavy atom. The standard InChI is InChI=1S/C9H14N4O2/c14-6-8-4-13(12-11-8)5-9(15)10-3-7-1-2-7/h4,7,14H,1-3,5-6H2,(H,10,15). The summed E-state index contributed by atoms with van der Waals surface area (Å²) in [5.74, 6) is 0.619. The number of carbonyl (C=O) groups is 1. The van der Waals surface area contributed by atoms with E-state index in [9.17, 15) is 4.79 Å². The van der Waals surface area contributed by atoms with E-state index in [2.05, 4.69) is 15.6 Å². The van der Waals surface area contributed by atoms with Gasteiger partial charge in [-0.25, -0.2) is 4.68 Å². The van der Waals surface area contributed by atoms with Gasteiger partial charge in [0.15, 0.2) is 0 Å². The monoisotopic (exact) mass is 210 g/mol. The lowest BCUT2D eigenvalue weighted by atomic mass is 10.4. The molecule has 0 bridgehead atoms. The van der Waals surface area contributed by atoms with Gasteiger partial charge in [-0.2, -0.15) is 0 Å². The lowest BCUT2D eigenvalue weighted by Crippen LogP contribution is -2.29. The van der Waals surface area contributed by atoms with Crippen LogP contribution in [0.15, 0.2) is 6.20 Å². The van der Waals surface area contributed by atoms with E-state index in [-0.39, 0.29) is 19.1 Å². The summed E-state index contributed by atoms with van der Waals surface area (Å²) in [6, 6.07) is 0. The van der Waals surface area contributed by atoms with Crippen molar-refractivity contribution in [3.8, 4) is 0 Å². The molecule has 0 aromatic carbocycles. The molecule has 2 N–H and O–H groups in total. The fourth-order valence-electron chi connectivity index (χ4n) is 1.27. The third kappa shape index (κ3) is 3.02. The van der Waals surface area contributed by atoms with Crippen LogP contribution in [0.25, 0.3) is 0 Å². The highest BCUT2D eigenvalue weighted by Crippen LogP contribution is 2.27. The van der Waals surface area contributed by atoms with E-state index in [1.807, 2.05) is 0 Å². The average molecular weight is 210 g/mol. The van der Waals surface area contributed by atoms with Gasteiger partial charge in [0.05, 0.1) is 12.8 Å². The SMILES string of the molecule is O=C(Cn1cc(CO)nn1)NCC1CC1. The molecule has 1 saturated carbocycles. The number of hydrogen-bond donors (Lipinski definition) is 2. The van der Waals surface area contributed by atoms with Gasteiger partial charge >= 0.3 is 0 Å². The van der Waals surface area contributed by atoms with Crippen LogP contribution in [0.3, 0.4) is 0 Å². The second-order valence-electron chi connectivity index (χ2n) is 3.81. The van der Waals surface area contributed by atoms with E-state index < -0.39 is 0 Å². The number of aliphatic hydroxyl groups excluding tert-OH is 1. The first-order valence-electron chi connectivity index (χ1n) is 5.04. The summed E-state index contributed by atoms with van der Waals surface area (Å²) in [5, 5.41) is 19.0. The summed E-state index contributed by atoms with van der Waals surface area (Å²) in [6.07, 6.45) is 4.01.